The maximum Gasteiger partial charge on any atom is 0.233 e. The summed E-state index contributed by atoms with van der Waals surface area (Å²) in [5.41, 5.74) is 2.06. The first-order valence-electron chi connectivity index (χ1n) is 8.33. The van der Waals surface area contributed by atoms with Crippen LogP contribution in [0.15, 0.2) is 72.1 Å². The van der Waals surface area contributed by atoms with E-state index in [0.717, 1.165) is 22.2 Å². The summed E-state index contributed by atoms with van der Waals surface area (Å²) in [6.07, 6.45) is 3.62. The van der Waals surface area contributed by atoms with Gasteiger partial charge in [-0.05, 0) is 36.8 Å². The lowest BCUT2D eigenvalue weighted by Gasteiger charge is -2.13. The lowest BCUT2D eigenvalue weighted by molar-refractivity contribution is -0.120. The quantitative estimate of drug-likeness (QED) is 0.647. The highest BCUT2D eigenvalue weighted by atomic mass is 32.2. The second-order valence-corrected chi connectivity index (χ2v) is 7.05. The van der Waals surface area contributed by atoms with E-state index in [2.05, 4.69) is 10.3 Å². The molecule has 0 saturated heterocycles. The molecule has 6 heteroatoms. The van der Waals surface area contributed by atoms with Gasteiger partial charge in [0.2, 0.25) is 5.91 Å². The Morgan fingerprint density at radius 3 is 2.62 bits per heavy atom. The van der Waals surface area contributed by atoms with Gasteiger partial charge in [0.1, 0.15) is 5.75 Å². The molecule has 0 aliphatic carbocycles. The fourth-order valence-corrected chi connectivity index (χ4v) is 3.36. The van der Waals surface area contributed by atoms with Gasteiger partial charge in [0.15, 0.2) is 5.16 Å². The number of aromatic nitrogens is 2. The van der Waals surface area contributed by atoms with E-state index in [-0.39, 0.29) is 11.2 Å². The summed E-state index contributed by atoms with van der Waals surface area (Å²) in [7, 11) is 1.64. The summed E-state index contributed by atoms with van der Waals surface area (Å²) < 4.78 is 7.16. The predicted molar refractivity (Wildman–Crippen MR) is 104 cm³/mol. The number of methoxy groups -OCH3 is 1. The lowest BCUT2D eigenvalue weighted by atomic mass is 10.2. The number of nitrogens with one attached hydrogen (secondary N) is 1. The Kier molecular flexibility index (Phi) is 5.96. The number of benzene rings is 2. The fourth-order valence-electron chi connectivity index (χ4n) is 2.46. The van der Waals surface area contributed by atoms with Crippen molar-refractivity contribution >= 4 is 17.7 Å². The van der Waals surface area contributed by atoms with E-state index < -0.39 is 0 Å². The van der Waals surface area contributed by atoms with Crippen LogP contribution in [0.5, 0.6) is 5.75 Å². The molecule has 3 rings (SSSR count). The minimum absolute atomic E-state index is 0.0110. The van der Waals surface area contributed by atoms with Crippen LogP contribution in [0.3, 0.4) is 0 Å². The summed E-state index contributed by atoms with van der Waals surface area (Å²) in [5, 5.41) is 3.50. The second-order valence-electron chi connectivity index (χ2n) is 5.74. The van der Waals surface area contributed by atoms with E-state index in [9.17, 15) is 4.79 Å². The van der Waals surface area contributed by atoms with Crippen LogP contribution in [0.25, 0.3) is 5.69 Å². The van der Waals surface area contributed by atoms with Crippen molar-refractivity contribution in [1.82, 2.24) is 14.9 Å². The smallest absolute Gasteiger partial charge is 0.233 e. The zero-order chi connectivity index (χ0) is 18.4. The monoisotopic (exact) mass is 367 g/mol. The molecule has 134 valence electrons. The first-order chi connectivity index (χ1) is 12.7. The topological polar surface area (TPSA) is 56.2 Å². The van der Waals surface area contributed by atoms with E-state index in [4.69, 9.17) is 4.74 Å². The third-order valence-electron chi connectivity index (χ3n) is 3.92. The van der Waals surface area contributed by atoms with Crippen molar-refractivity contribution < 1.29 is 9.53 Å². The number of hydrogen-bond donors (Lipinski definition) is 1. The SMILES string of the molecule is COc1ccc(-n2ccnc2S[C@H](C)C(=O)NCc2ccccc2)cc1. The summed E-state index contributed by atoms with van der Waals surface area (Å²) in [5.74, 6) is 0.792. The molecule has 1 aromatic heterocycles. The molecule has 26 heavy (non-hydrogen) atoms. The zero-order valence-corrected chi connectivity index (χ0v) is 15.6. The first-order valence-corrected chi connectivity index (χ1v) is 9.21. The Hall–Kier alpha value is -2.73. The standard InChI is InChI=1S/C20H21N3O2S/c1-15(19(24)22-14-16-6-4-3-5-7-16)26-20-21-12-13-23(20)17-8-10-18(25-2)11-9-17/h3-13,15H,14H2,1-2H3,(H,22,24)/t15-/m1/s1. The van der Waals surface area contributed by atoms with Crippen LogP contribution in [0, 0.1) is 0 Å². The van der Waals surface area contributed by atoms with E-state index >= 15 is 0 Å². The molecule has 5 nitrogen and oxygen atoms in total. The summed E-state index contributed by atoms with van der Waals surface area (Å²) in [4.78, 5) is 16.8. The van der Waals surface area contributed by atoms with Crippen LogP contribution < -0.4 is 10.1 Å². The van der Waals surface area contributed by atoms with Crippen molar-refractivity contribution in [2.24, 2.45) is 0 Å². The summed E-state index contributed by atoms with van der Waals surface area (Å²) >= 11 is 1.43. The summed E-state index contributed by atoms with van der Waals surface area (Å²) in [6.45, 7) is 2.41. The Morgan fingerprint density at radius 2 is 1.92 bits per heavy atom. The predicted octanol–water partition coefficient (Wildman–Crippen LogP) is 3.68. The van der Waals surface area contributed by atoms with Crippen LogP contribution in [0.1, 0.15) is 12.5 Å². The largest absolute Gasteiger partial charge is 0.497 e. The van der Waals surface area contributed by atoms with Gasteiger partial charge in [-0.1, -0.05) is 42.1 Å². The van der Waals surface area contributed by atoms with Gasteiger partial charge in [-0.25, -0.2) is 4.98 Å². The number of carbonyl (C=O) groups is 1. The van der Waals surface area contributed by atoms with Crippen molar-refractivity contribution in [3.8, 4) is 11.4 Å². The van der Waals surface area contributed by atoms with Crippen molar-refractivity contribution in [3.05, 3.63) is 72.6 Å². The fraction of sp³-hybridized carbons (Fsp3) is 0.200. The normalized spacial score (nSPS) is 11.8. The molecule has 0 bridgehead atoms. The Morgan fingerprint density at radius 1 is 1.19 bits per heavy atom. The highest BCUT2D eigenvalue weighted by molar-refractivity contribution is 8.00. The van der Waals surface area contributed by atoms with Crippen molar-refractivity contribution in [3.63, 3.8) is 0 Å². The molecule has 0 spiro atoms. The van der Waals surface area contributed by atoms with Crippen molar-refractivity contribution in [2.75, 3.05) is 7.11 Å². The lowest BCUT2D eigenvalue weighted by Crippen LogP contribution is -2.30. The maximum atomic E-state index is 12.4. The molecule has 0 saturated carbocycles. The molecule has 0 fully saturated rings. The highest BCUT2D eigenvalue weighted by Gasteiger charge is 2.17. The Balaban J connectivity index is 1.63. The third kappa shape index (κ3) is 4.46. The molecule has 1 atom stereocenters. The van der Waals surface area contributed by atoms with E-state index in [1.54, 1.807) is 13.3 Å². The van der Waals surface area contributed by atoms with Gasteiger partial charge >= 0.3 is 0 Å². The molecule has 0 aliphatic rings. The van der Waals surface area contributed by atoms with E-state index in [0.29, 0.717) is 6.54 Å². The molecular weight excluding hydrogens is 346 g/mol. The molecule has 0 radical (unpaired) electrons. The minimum Gasteiger partial charge on any atom is -0.497 e. The molecular formula is C20H21N3O2S. The van der Waals surface area contributed by atoms with Gasteiger partial charge < -0.3 is 10.1 Å². The molecule has 1 heterocycles. The van der Waals surface area contributed by atoms with Gasteiger partial charge in [0.25, 0.3) is 0 Å². The Bertz CT molecular complexity index is 847. The van der Waals surface area contributed by atoms with Gasteiger partial charge in [0, 0.05) is 24.6 Å². The van der Waals surface area contributed by atoms with Crippen LogP contribution in [-0.2, 0) is 11.3 Å². The number of hydrogen-bond acceptors (Lipinski definition) is 4. The molecule has 2 aromatic carbocycles. The summed E-state index contributed by atoms with van der Waals surface area (Å²) in [6, 6.07) is 17.6. The number of rotatable bonds is 7. The number of amides is 1. The average Bonchev–Trinajstić information content (AvgIpc) is 3.15. The zero-order valence-electron chi connectivity index (χ0n) is 14.8. The van der Waals surface area contributed by atoms with E-state index in [1.165, 1.54) is 11.8 Å². The number of nitrogens with zero attached hydrogens (tertiary/aromatic N) is 2. The van der Waals surface area contributed by atoms with E-state index in [1.807, 2.05) is 72.3 Å². The van der Waals surface area contributed by atoms with Crippen LogP contribution in [-0.4, -0.2) is 27.8 Å². The van der Waals surface area contributed by atoms with Crippen molar-refractivity contribution in [2.45, 2.75) is 23.9 Å². The third-order valence-corrected chi connectivity index (χ3v) is 5.00. The number of ether oxygens (including phenoxy) is 1. The molecule has 0 aliphatic heterocycles. The van der Waals surface area contributed by atoms with Gasteiger partial charge in [-0.2, -0.15) is 0 Å². The van der Waals surface area contributed by atoms with Gasteiger partial charge in [-0.3, -0.25) is 9.36 Å². The molecule has 1 N–H and O–H groups in total. The van der Waals surface area contributed by atoms with Crippen LogP contribution in [0.4, 0.5) is 0 Å². The number of thioether (sulfide) groups is 1. The number of imidazole rings is 1. The second kappa shape index (κ2) is 8.58. The Labute approximate surface area is 157 Å². The maximum absolute atomic E-state index is 12.4. The van der Waals surface area contributed by atoms with Crippen molar-refractivity contribution in [1.29, 1.82) is 0 Å². The molecule has 0 unspecified atom stereocenters. The average molecular weight is 367 g/mol. The first kappa shape index (κ1) is 18.1. The minimum atomic E-state index is -0.252. The number of carbonyl (C=O) groups excluding carboxylic acids is 1. The molecule has 3 aromatic rings. The highest BCUT2D eigenvalue weighted by Crippen LogP contribution is 2.25. The van der Waals surface area contributed by atoms with Gasteiger partial charge in [0.05, 0.1) is 12.4 Å². The molecule has 1 amide bonds. The van der Waals surface area contributed by atoms with Crippen LogP contribution in [0.2, 0.25) is 0 Å². The van der Waals surface area contributed by atoms with Gasteiger partial charge in [-0.15, -0.1) is 0 Å². The van der Waals surface area contributed by atoms with Crippen LogP contribution >= 0.6 is 11.8 Å².